The van der Waals surface area contributed by atoms with Crippen LogP contribution in [0.4, 0.5) is 16.3 Å². The number of anilines is 2. The van der Waals surface area contributed by atoms with Crippen molar-refractivity contribution < 1.29 is 4.79 Å². The lowest BCUT2D eigenvalue weighted by atomic mass is 9.98. The summed E-state index contributed by atoms with van der Waals surface area (Å²) in [6.45, 7) is 6.22. The van der Waals surface area contributed by atoms with Crippen molar-refractivity contribution in [1.82, 2.24) is 9.78 Å². The van der Waals surface area contributed by atoms with E-state index in [9.17, 15) is 4.79 Å². The summed E-state index contributed by atoms with van der Waals surface area (Å²) in [5, 5.41) is 10.2. The maximum Gasteiger partial charge on any atom is 0.324 e. The van der Waals surface area contributed by atoms with E-state index in [1.807, 2.05) is 68.6 Å². The van der Waals surface area contributed by atoms with Gasteiger partial charge in [0.05, 0.1) is 5.69 Å². The Labute approximate surface area is 154 Å². The van der Waals surface area contributed by atoms with Gasteiger partial charge in [-0.1, -0.05) is 62.4 Å². The number of hydrogen-bond donors (Lipinski definition) is 2. The average Bonchev–Trinajstić information content (AvgIpc) is 2.97. The van der Waals surface area contributed by atoms with Crippen LogP contribution in [0.15, 0.2) is 54.6 Å². The summed E-state index contributed by atoms with van der Waals surface area (Å²) in [5.74, 6) is 0.841. The first kappa shape index (κ1) is 17.7. The molecule has 1 aromatic heterocycles. The number of urea groups is 1. The second-order valence-corrected chi connectivity index (χ2v) is 6.68. The minimum Gasteiger partial charge on any atom is -0.307 e. The van der Waals surface area contributed by atoms with Gasteiger partial charge in [-0.3, -0.25) is 10.00 Å². The lowest BCUT2D eigenvalue weighted by Crippen LogP contribution is -2.21. The largest absolute Gasteiger partial charge is 0.324 e. The van der Waals surface area contributed by atoms with E-state index in [-0.39, 0.29) is 6.03 Å². The third-order valence-electron chi connectivity index (χ3n) is 4.36. The van der Waals surface area contributed by atoms with Gasteiger partial charge in [0.1, 0.15) is 0 Å². The molecule has 0 atom stereocenters. The van der Waals surface area contributed by atoms with E-state index in [4.69, 9.17) is 0 Å². The van der Waals surface area contributed by atoms with Gasteiger partial charge in [-0.15, -0.1) is 0 Å². The summed E-state index contributed by atoms with van der Waals surface area (Å²) in [4.78, 5) is 12.5. The number of rotatable bonds is 4. The number of aryl methyl sites for hydroxylation is 2. The van der Waals surface area contributed by atoms with Crippen LogP contribution in [0, 0.1) is 6.92 Å². The van der Waals surface area contributed by atoms with Gasteiger partial charge in [0, 0.05) is 18.8 Å². The van der Waals surface area contributed by atoms with Crippen molar-refractivity contribution in [2.45, 2.75) is 26.7 Å². The van der Waals surface area contributed by atoms with Crippen LogP contribution in [0.25, 0.3) is 11.3 Å². The minimum atomic E-state index is -0.293. The van der Waals surface area contributed by atoms with E-state index in [2.05, 4.69) is 29.6 Å². The van der Waals surface area contributed by atoms with Crippen molar-refractivity contribution in [2.75, 3.05) is 10.6 Å². The van der Waals surface area contributed by atoms with Gasteiger partial charge in [0.25, 0.3) is 0 Å². The number of nitrogens with zero attached hydrogens (tertiary/aromatic N) is 2. The van der Waals surface area contributed by atoms with E-state index in [0.29, 0.717) is 11.7 Å². The highest BCUT2D eigenvalue weighted by atomic mass is 16.2. The second-order valence-electron chi connectivity index (χ2n) is 6.68. The molecular weight excluding hydrogens is 324 g/mol. The Morgan fingerprint density at radius 2 is 1.77 bits per heavy atom. The molecule has 0 aliphatic heterocycles. The van der Waals surface area contributed by atoms with Gasteiger partial charge in [0.2, 0.25) is 0 Å². The number of aromatic nitrogens is 2. The van der Waals surface area contributed by atoms with E-state index >= 15 is 0 Å². The van der Waals surface area contributed by atoms with Gasteiger partial charge in [-0.2, -0.15) is 5.10 Å². The zero-order valence-electron chi connectivity index (χ0n) is 15.6. The number of hydrogen-bond acceptors (Lipinski definition) is 2. The Morgan fingerprint density at radius 1 is 1.04 bits per heavy atom. The van der Waals surface area contributed by atoms with Crippen molar-refractivity contribution in [3.8, 4) is 11.3 Å². The third kappa shape index (κ3) is 3.77. The van der Waals surface area contributed by atoms with Crippen molar-refractivity contribution in [2.24, 2.45) is 7.05 Å². The molecule has 0 bridgehead atoms. The number of amides is 2. The van der Waals surface area contributed by atoms with Gasteiger partial charge in [0.15, 0.2) is 5.82 Å². The normalized spacial score (nSPS) is 10.8. The first-order valence-electron chi connectivity index (χ1n) is 8.72. The first-order chi connectivity index (χ1) is 12.5. The highest BCUT2D eigenvalue weighted by molar-refractivity contribution is 6.00. The maximum atomic E-state index is 12.5. The molecule has 0 aliphatic rings. The first-order valence-corrected chi connectivity index (χ1v) is 8.72. The number of para-hydroxylation sites is 1. The molecule has 26 heavy (non-hydrogen) atoms. The van der Waals surface area contributed by atoms with Crippen molar-refractivity contribution in [3.05, 3.63) is 65.7 Å². The summed E-state index contributed by atoms with van der Waals surface area (Å²) in [6.07, 6.45) is 0. The molecule has 3 rings (SSSR count). The van der Waals surface area contributed by atoms with Crippen LogP contribution in [0.3, 0.4) is 0 Å². The standard InChI is InChI=1S/C21H24N4O/c1-14(2)17-12-8-9-15(3)20(17)23-21(26)22-19-13-18(25(4)24-19)16-10-6-5-7-11-16/h5-14H,1-4H3,(H2,22,23,24,26). The highest BCUT2D eigenvalue weighted by Gasteiger charge is 2.14. The predicted molar refractivity (Wildman–Crippen MR) is 107 cm³/mol. The fraction of sp³-hybridized carbons (Fsp3) is 0.238. The number of carbonyl (C=O) groups excluding carboxylic acids is 1. The van der Waals surface area contributed by atoms with Crippen molar-refractivity contribution in [1.29, 1.82) is 0 Å². The summed E-state index contributed by atoms with van der Waals surface area (Å²) in [5.41, 5.74) is 5.01. The molecule has 0 aliphatic carbocycles. The molecule has 0 spiro atoms. The summed E-state index contributed by atoms with van der Waals surface area (Å²) in [7, 11) is 1.86. The number of nitrogens with one attached hydrogen (secondary N) is 2. The van der Waals surface area contributed by atoms with E-state index in [0.717, 1.165) is 28.1 Å². The molecule has 0 saturated heterocycles. The smallest absolute Gasteiger partial charge is 0.307 e. The summed E-state index contributed by atoms with van der Waals surface area (Å²) in [6, 6.07) is 17.6. The Morgan fingerprint density at radius 3 is 2.46 bits per heavy atom. The fourth-order valence-corrected chi connectivity index (χ4v) is 3.01. The Balaban J connectivity index is 1.78. The van der Waals surface area contributed by atoms with Crippen molar-refractivity contribution >= 4 is 17.5 Å². The third-order valence-corrected chi connectivity index (χ3v) is 4.36. The SMILES string of the molecule is Cc1cccc(C(C)C)c1NC(=O)Nc1cc(-c2ccccc2)n(C)n1. The maximum absolute atomic E-state index is 12.5. The monoisotopic (exact) mass is 348 g/mol. The van der Waals surface area contributed by atoms with E-state index < -0.39 is 0 Å². The van der Waals surface area contributed by atoms with Crippen LogP contribution in [0.2, 0.25) is 0 Å². The van der Waals surface area contributed by atoms with Crippen molar-refractivity contribution in [3.63, 3.8) is 0 Å². The Kier molecular flexibility index (Phi) is 5.07. The molecular formula is C21H24N4O. The molecule has 0 unspecified atom stereocenters. The molecule has 1 heterocycles. The van der Waals surface area contributed by atoms with Crippen LogP contribution in [-0.2, 0) is 7.05 Å². The molecule has 5 nitrogen and oxygen atoms in total. The quantitative estimate of drug-likeness (QED) is 0.684. The highest BCUT2D eigenvalue weighted by Crippen LogP contribution is 2.28. The molecule has 0 radical (unpaired) electrons. The fourth-order valence-electron chi connectivity index (χ4n) is 3.01. The summed E-state index contributed by atoms with van der Waals surface area (Å²) < 4.78 is 1.76. The summed E-state index contributed by atoms with van der Waals surface area (Å²) >= 11 is 0. The zero-order chi connectivity index (χ0) is 18.7. The lowest BCUT2D eigenvalue weighted by Gasteiger charge is -2.16. The van der Waals surface area contributed by atoms with Gasteiger partial charge in [-0.25, -0.2) is 4.79 Å². The van der Waals surface area contributed by atoms with Crippen LogP contribution < -0.4 is 10.6 Å². The Hall–Kier alpha value is -3.08. The molecule has 134 valence electrons. The molecule has 5 heteroatoms. The molecule has 2 N–H and O–H groups in total. The van der Waals surface area contributed by atoms with E-state index in [1.54, 1.807) is 4.68 Å². The minimum absolute atomic E-state index is 0.293. The molecule has 0 saturated carbocycles. The molecule has 2 aromatic carbocycles. The number of carbonyl (C=O) groups is 1. The zero-order valence-corrected chi connectivity index (χ0v) is 15.6. The lowest BCUT2D eigenvalue weighted by molar-refractivity contribution is 0.262. The Bertz CT molecular complexity index is 913. The molecule has 3 aromatic rings. The van der Waals surface area contributed by atoms with Crippen LogP contribution in [-0.4, -0.2) is 15.8 Å². The van der Waals surface area contributed by atoms with E-state index in [1.165, 1.54) is 0 Å². The topological polar surface area (TPSA) is 59.0 Å². The molecule has 2 amide bonds. The van der Waals surface area contributed by atoms with Gasteiger partial charge in [-0.05, 0) is 29.5 Å². The molecule has 0 fully saturated rings. The second kappa shape index (κ2) is 7.44. The average molecular weight is 348 g/mol. The van der Waals surface area contributed by atoms with Crippen LogP contribution in [0.1, 0.15) is 30.9 Å². The van der Waals surface area contributed by atoms with Crippen LogP contribution >= 0.6 is 0 Å². The van der Waals surface area contributed by atoms with Gasteiger partial charge >= 0.3 is 6.03 Å². The van der Waals surface area contributed by atoms with Crippen LogP contribution in [0.5, 0.6) is 0 Å². The predicted octanol–water partition coefficient (Wildman–Crippen LogP) is 5.16. The number of benzene rings is 2. The van der Waals surface area contributed by atoms with Gasteiger partial charge < -0.3 is 5.32 Å².